The molecule has 0 saturated carbocycles. The topological polar surface area (TPSA) is 75.4 Å². The van der Waals surface area contributed by atoms with E-state index in [1.54, 1.807) is 14.1 Å². The lowest BCUT2D eigenvalue weighted by Crippen LogP contribution is -2.26. The molecule has 1 aliphatic heterocycles. The Bertz CT molecular complexity index is 497. The first kappa shape index (κ1) is 12.6. The van der Waals surface area contributed by atoms with Crippen LogP contribution in [0.4, 0.5) is 5.69 Å². The van der Waals surface area contributed by atoms with Gasteiger partial charge < -0.3 is 16.0 Å². The molecule has 96 valence electrons. The SMILES string of the molecule is CN(C)C(=O)CC(N)c1ccc2c(c1)CC(=O)N2. The smallest absolute Gasteiger partial charge is 0.228 e. The normalized spacial score (nSPS) is 14.9. The van der Waals surface area contributed by atoms with Gasteiger partial charge in [0.2, 0.25) is 11.8 Å². The lowest BCUT2D eigenvalue weighted by atomic mass is 10.0. The van der Waals surface area contributed by atoms with Crippen molar-refractivity contribution in [1.82, 2.24) is 4.90 Å². The first-order valence-corrected chi connectivity index (χ1v) is 5.86. The number of hydrogen-bond acceptors (Lipinski definition) is 3. The van der Waals surface area contributed by atoms with Crippen LogP contribution in [0.2, 0.25) is 0 Å². The Morgan fingerprint density at radius 2 is 2.22 bits per heavy atom. The number of hydrogen-bond donors (Lipinski definition) is 2. The van der Waals surface area contributed by atoms with Crippen LogP contribution in [0, 0.1) is 0 Å². The van der Waals surface area contributed by atoms with Crippen LogP contribution in [0.5, 0.6) is 0 Å². The number of fused-ring (bicyclic) bond motifs is 1. The van der Waals surface area contributed by atoms with Crippen molar-refractivity contribution in [3.63, 3.8) is 0 Å². The third-order valence-corrected chi connectivity index (χ3v) is 3.08. The van der Waals surface area contributed by atoms with Gasteiger partial charge in [0.15, 0.2) is 0 Å². The lowest BCUT2D eigenvalue weighted by molar-refractivity contribution is -0.129. The van der Waals surface area contributed by atoms with Crippen LogP contribution in [0.3, 0.4) is 0 Å². The monoisotopic (exact) mass is 247 g/mol. The largest absolute Gasteiger partial charge is 0.349 e. The Morgan fingerprint density at radius 1 is 1.50 bits per heavy atom. The fraction of sp³-hybridized carbons (Fsp3) is 0.385. The van der Waals surface area contributed by atoms with Gasteiger partial charge in [0, 0.05) is 32.2 Å². The van der Waals surface area contributed by atoms with Gasteiger partial charge in [-0.25, -0.2) is 0 Å². The summed E-state index contributed by atoms with van der Waals surface area (Å²) in [5.74, 6) is -0.00251. The van der Waals surface area contributed by atoms with E-state index in [4.69, 9.17) is 5.73 Å². The maximum atomic E-state index is 11.6. The summed E-state index contributed by atoms with van der Waals surface area (Å²) in [5.41, 5.74) is 8.69. The number of anilines is 1. The van der Waals surface area contributed by atoms with Crippen molar-refractivity contribution in [3.8, 4) is 0 Å². The van der Waals surface area contributed by atoms with Crippen LogP contribution in [0.25, 0.3) is 0 Å². The molecule has 1 unspecified atom stereocenters. The molecule has 0 saturated heterocycles. The molecule has 1 heterocycles. The molecule has 5 heteroatoms. The highest BCUT2D eigenvalue weighted by molar-refractivity contribution is 5.99. The zero-order valence-corrected chi connectivity index (χ0v) is 10.6. The highest BCUT2D eigenvalue weighted by Crippen LogP contribution is 2.26. The third kappa shape index (κ3) is 2.51. The van der Waals surface area contributed by atoms with Gasteiger partial charge in [-0.15, -0.1) is 0 Å². The second-order valence-corrected chi connectivity index (χ2v) is 4.74. The molecule has 2 amide bonds. The number of carbonyl (C=O) groups is 2. The van der Waals surface area contributed by atoms with Crippen LogP contribution in [-0.4, -0.2) is 30.8 Å². The number of amides is 2. The van der Waals surface area contributed by atoms with Crippen molar-refractivity contribution in [2.45, 2.75) is 18.9 Å². The molecular formula is C13H17N3O2. The van der Waals surface area contributed by atoms with Crippen LogP contribution < -0.4 is 11.1 Å². The molecular weight excluding hydrogens is 230 g/mol. The Kier molecular flexibility index (Phi) is 3.34. The van der Waals surface area contributed by atoms with Crippen molar-refractivity contribution < 1.29 is 9.59 Å². The molecule has 0 fully saturated rings. The van der Waals surface area contributed by atoms with E-state index in [9.17, 15) is 9.59 Å². The van der Waals surface area contributed by atoms with Gasteiger partial charge >= 0.3 is 0 Å². The third-order valence-electron chi connectivity index (χ3n) is 3.08. The number of nitrogens with two attached hydrogens (primary N) is 1. The second kappa shape index (κ2) is 4.78. The second-order valence-electron chi connectivity index (χ2n) is 4.74. The minimum Gasteiger partial charge on any atom is -0.349 e. The summed E-state index contributed by atoms with van der Waals surface area (Å²) in [6, 6.07) is 5.27. The van der Waals surface area contributed by atoms with Crippen molar-refractivity contribution in [2.75, 3.05) is 19.4 Å². The molecule has 0 bridgehead atoms. The maximum absolute atomic E-state index is 11.6. The molecule has 1 aromatic rings. The Morgan fingerprint density at radius 3 is 2.89 bits per heavy atom. The molecule has 3 N–H and O–H groups in total. The van der Waals surface area contributed by atoms with E-state index in [0.29, 0.717) is 6.42 Å². The van der Waals surface area contributed by atoms with Gasteiger partial charge in [0.25, 0.3) is 0 Å². The van der Waals surface area contributed by atoms with Crippen molar-refractivity contribution in [3.05, 3.63) is 29.3 Å². The summed E-state index contributed by atoms with van der Waals surface area (Å²) in [5, 5.41) is 2.77. The molecule has 1 atom stereocenters. The number of nitrogens with zero attached hydrogens (tertiary/aromatic N) is 1. The highest BCUT2D eigenvalue weighted by atomic mass is 16.2. The van der Waals surface area contributed by atoms with Crippen molar-refractivity contribution >= 4 is 17.5 Å². The molecule has 0 spiro atoms. The van der Waals surface area contributed by atoms with E-state index in [0.717, 1.165) is 16.8 Å². The molecule has 18 heavy (non-hydrogen) atoms. The summed E-state index contributed by atoms with van der Waals surface area (Å²) in [6.45, 7) is 0. The zero-order valence-electron chi connectivity index (χ0n) is 10.6. The summed E-state index contributed by atoms with van der Waals surface area (Å²) in [7, 11) is 3.42. The number of benzene rings is 1. The minimum absolute atomic E-state index is 0.0000827. The lowest BCUT2D eigenvalue weighted by Gasteiger charge is -2.16. The molecule has 5 nitrogen and oxygen atoms in total. The van der Waals surface area contributed by atoms with E-state index >= 15 is 0 Å². The Labute approximate surface area is 106 Å². The number of rotatable bonds is 3. The summed E-state index contributed by atoms with van der Waals surface area (Å²) < 4.78 is 0. The average molecular weight is 247 g/mol. The van der Waals surface area contributed by atoms with Crippen LogP contribution >= 0.6 is 0 Å². The van der Waals surface area contributed by atoms with Gasteiger partial charge in [0.05, 0.1) is 6.42 Å². The minimum atomic E-state index is -0.332. The van der Waals surface area contributed by atoms with Crippen molar-refractivity contribution in [1.29, 1.82) is 0 Å². The van der Waals surface area contributed by atoms with E-state index < -0.39 is 0 Å². The van der Waals surface area contributed by atoms with Gasteiger partial charge in [-0.3, -0.25) is 9.59 Å². The summed E-state index contributed by atoms with van der Waals surface area (Å²) in [6.07, 6.45) is 0.657. The van der Waals surface area contributed by atoms with E-state index in [-0.39, 0.29) is 24.3 Å². The standard InChI is InChI=1S/C13H17N3O2/c1-16(2)13(18)7-10(14)8-3-4-11-9(5-8)6-12(17)15-11/h3-5,10H,6-7,14H2,1-2H3,(H,15,17). The first-order valence-electron chi connectivity index (χ1n) is 5.86. The fourth-order valence-corrected chi connectivity index (χ4v) is 1.97. The van der Waals surface area contributed by atoms with Gasteiger partial charge in [-0.1, -0.05) is 12.1 Å². The molecule has 0 aromatic heterocycles. The average Bonchev–Trinajstić information content (AvgIpc) is 2.67. The predicted octanol–water partition coefficient (Wildman–Crippen LogP) is 0.659. The van der Waals surface area contributed by atoms with Crippen LogP contribution in [-0.2, 0) is 16.0 Å². The fourth-order valence-electron chi connectivity index (χ4n) is 1.97. The van der Waals surface area contributed by atoms with Gasteiger partial charge in [0.1, 0.15) is 0 Å². The van der Waals surface area contributed by atoms with Gasteiger partial charge in [-0.2, -0.15) is 0 Å². The van der Waals surface area contributed by atoms with E-state index in [1.165, 1.54) is 4.90 Å². The van der Waals surface area contributed by atoms with Crippen LogP contribution in [0.1, 0.15) is 23.6 Å². The molecule has 0 aliphatic carbocycles. The highest BCUT2D eigenvalue weighted by Gasteiger charge is 2.20. The van der Waals surface area contributed by atoms with Gasteiger partial charge in [-0.05, 0) is 17.2 Å². The molecule has 2 rings (SSSR count). The Balaban J connectivity index is 2.13. The molecule has 1 aromatic carbocycles. The summed E-state index contributed by atoms with van der Waals surface area (Å²) in [4.78, 5) is 24.4. The Hall–Kier alpha value is -1.88. The van der Waals surface area contributed by atoms with Crippen LogP contribution in [0.15, 0.2) is 18.2 Å². The van der Waals surface area contributed by atoms with Crippen molar-refractivity contribution in [2.24, 2.45) is 5.73 Å². The summed E-state index contributed by atoms with van der Waals surface area (Å²) >= 11 is 0. The quantitative estimate of drug-likeness (QED) is 0.824. The van der Waals surface area contributed by atoms with E-state index in [2.05, 4.69) is 5.32 Å². The zero-order chi connectivity index (χ0) is 13.3. The number of nitrogens with one attached hydrogen (secondary N) is 1. The predicted molar refractivity (Wildman–Crippen MR) is 69.0 cm³/mol. The number of carbonyl (C=O) groups excluding carboxylic acids is 2. The first-order chi connectivity index (χ1) is 8.47. The molecule has 1 aliphatic rings. The van der Waals surface area contributed by atoms with E-state index in [1.807, 2.05) is 18.2 Å². The maximum Gasteiger partial charge on any atom is 0.228 e. The molecule has 0 radical (unpaired) electrons.